The first-order valence-corrected chi connectivity index (χ1v) is 7.93. The molecule has 0 bridgehead atoms. The highest BCUT2D eigenvalue weighted by Gasteiger charge is 2.21. The largest absolute Gasteiger partial charge is 0.331 e. The van der Waals surface area contributed by atoms with E-state index >= 15 is 0 Å². The molecule has 0 saturated carbocycles. The van der Waals surface area contributed by atoms with Gasteiger partial charge in [0, 0.05) is 15.6 Å². The molecule has 0 saturated heterocycles. The molecule has 1 heterocycles. The molecule has 3 N–H and O–H groups in total. The van der Waals surface area contributed by atoms with Crippen LogP contribution in [0.15, 0.2) is 18.2 Å². The molecule has 0 fully saturated rings. The maximum atomic E-state index is 11.0. The van der Waals surface area contributed by atoms with Crippen molar-refractivity contribution in [1.82, 2.24) is 10.2 Å². The molecular formula is C10H8Cl3N2O3P. The molecule has 5 nitrogen and oxygen atoms in total. The number of hydrogen-bond donors (Lipinski definition) is 3. The average molecular weight is 342 g/mol. The summed E-state index contributed by atoms with van der Waals surface area (Å²) in [5, 5.41) is 7.41. The van der Waals surface area contributed by atoms with Gasteiger partial charge in [-0.2, -0.15) is 5.10 Å². The summed E-state index contributed by atoms with van der Waals surface area (Å²) >= 11 is 17.8. The number of H-pyrrole nitrogens is 1. The maximum absolute atomic E-state index is 11.0. The molecule has 0 amide bonds. The summed E-state index contributed by atoms with van der Waals surface area (Å²) in [5.41, 5.74) is 1.08. The maximum Gasteiger partial charge on any atom is 0.331 e. The van der Waals surface area contributed by atoms with E-state index in [-0.39, 0.29) is 10.7 Å². The number of hydrogen-bond acceptors (Lipinski definition) is 2. The fourth-order valence-corrected chi connectivity index (χ4v) is 3.08. The van der Waals surface area contributed by atoms with Crippen LogP contribution < -0.4 is 0 Å². The van der Waals surface area contributed by atoms with Crippen LogP contribution in [0.2, 0.25) is 15.1 Å². The van der Waals surface area contributed by atoms with Crippen molar-refractivity contribution < 1.29 is 14.4 Å². The van der Waals surface area contributed by atoms with Crippen molar-refractivity contribution >= 4 is 42.4 Å². The second-order valence-corrected chi connectivity index (χ2v) is 6.74. The molecule has 0 aliphatic carbocycles. The zero-order chi connectivity index (χ0) is 14.2. The van der Waals surface area contributed by atoms with Crippen LogP contribution in [-0.4, -0.2) is 20.0 Å². The van der Waals surface area contributed by atoms with Crippen molar-refractivity contribution in [3.05, 3.63) is 39.0 Å². The van der Waals surface area contributed by atoms with Gasteiger partial charge in [-0.1, -0.05) is 34.8 Å². The average Bonchev–Trinajstić information content (AvgIpc) is 2.56. The molecule has 2 rings (SSSR count). The summed E-state index contributed by atoms with van der Waals surface area (Å²) in [5.74, 6) is 0. The van der Waals surface area contributed by atoms with Crippen molar-refractivity contribution in [2.45, 2.75) is 6.16 Å². The topological polar surface area (TPSA) is 86.2 Å². The van der Waals surface area contributed by atoms with Crippen molar-refractivity contribution in [1.29, 1.82) is 0 Å². The number of rotatable bonds is 3. The van der Waals surface area contributed by atoms with Gasteiger partial charge in [-0.05, 0) is 18.2 Å². The van der Waals surface area contributed by atoms with E-state index in [9.17, 15) is 4.57 Å². The quantitative estimate of drug-likeness (QED) is 0.743. The number of aromatic amines is 1. The van der Waals surface area contributed by atoms with E-state index in [0.717, 1.165) is 0 Å². The summed E-state index contributed by atoms with van der Waals surface area (Å²) in [6.45, 7) is 0. The van der Waals surface area contributed by atoms with Gasteiger partial charge in [0.25, 0.3) is 0 Å². The number of halogens is 3. The SMILES string of the molecule is O=P(O)(O)Cc1[nH]nc(-c2cc(Cl)cc(Cl)c2)c1Cl. The molecule has 0 radical (unpaired) electrons. The fourth-order valence-electron chi connectivity index (χ4n) is 1.56. The zero-order valence-corrected chi connectivity index (χ0v) is 12.4. The van der Waals surface area contributed by atoms with Crippen LogP contribution in [0.3, 0.4) is 0 Å². The Kier molecular flexibility index (Phi) is 4.26. The lowest BCUT2D eigenvalue weighted by Crippen LogP contribution is -1.87. The molecule has 19 heavy (non-hydrogen) atoms. The molecule has 102 valence electrons. The van der Waals surface area contributed by atoms with E-state index in [2.05, 4.69) is 10.2 Å². The standard InChI is InChI=1S/C10H8Cl3N2O3P/c11-6-1-5(2-7(12)3-6)10-9(13)8(14-15-10)4-19(16,17)18/h1-3H,4H2,(H,14,15)(H2,16,17,18). The lowest BCUT2D eigenvalue weighted by atomic mass is 10.1. The van der Waals surface area contributed by atoms with Crippen LogP contribution in [0.5, 0.6) is 0 Å². The molecule has 1 aromatic carbocycles. The Morgan fingerprint density at radius 1 is 1.16 bits per heavy atom. The van der Waals surface area contributed by atoms with Gasteiger partial charge in [0.1, 0.15) is 5.69 Å². The first-order chi connectivity index (χ1) is 8.76. The van der Waals surface area contributed by atoms with Gasteiger partial charge in [0.2, 0.25) is 0 Å². The Hall–Kier alpha value is -0.550. The van der Waals surface area contributed by atoms with Crippen molar-refractivity contribution in [2.75, 3.05) is 0 Å². The number of aromatic nitrogens is 2. The zero-order valence-electron chi connectivity index (χ0n) is 9.27. The van der Waals surface area contributed by atoms with Gasteiger partial charge in [0.05, 0.1) is 16.9 Å². The molecule has 0 spiro atoms. The number of nitrogens with one attached hydrogen (secondary N) is 1. The van der Waals surface area contributed by atoms with Crippen LogP contribution in [0.25, 0.3) is 11.3 Å². The van der Waals surface area contributed by atoms with Crippen molar-refractivity contribution in [3.8, 4) is 11.3 Å². The van der Waals surface area contributed by atoms with Gasteiger partial charge < -0.3 is 9.79 Å². The normalized spacial score (nSPS) is 11.8. The van der Waals surface area contributed by atoms with Crippen molar-refractivity contribution in [3.63, 3.8) is 0 Å². The van der Waals surface area contributed by atoms with Gasteiger partial charge in [-0.3, -0.25) is 9.66 Å². The van der Waals surface area contributed by atoms with Gasteiger partial charge >= 0.3 is 7.60 Å². The van der Waals surface area contributed by atoms with E-state index in [0.29, 0.717) is 21.3 Å². The Morgan fingerprint density at radius 3 is 2.26 bits per heavy atom. The highest BCUT2D eigenvalue weighted by molar-refractivity contribution is 7.50. The van der Waals surface area contributed by atoms with Crippen LogP contribution >= 0.6 is 42.4 Å². The lowest BCUT2D eigenvalue weighted by molar-refractivity contribution is 0.371. The smallest absolute Gasteiger partial charge is 0.324 e. The Labute approximate surface area is 123 Å². The summed E-state index contributed by atoms with van der Waals surface area (Å²) in [6.07, 6.45) is -0.507. The fraction of sp³-hybridized carbons (Fsp3) is 0.100. The highest BCUT2D eigenvalue weighted by atomic mass is 35.5. The van der Waals surface area contributed by atoms with E-state index in [1.54, 1.807) is 18.2 Å². The minimum absolute atomic E-state index is 0.140. The predicted octanol–water partition coefficient (Wildman–Crippen LogP) is 3.71. The molecule has 9 heteroatoms. The first kappa shape index (κ1) is 14.9. The third-order valence-electron chi connectivity index (χ3n) is 2.28. The third-order valence-corrected chi connectivity index (χ3v) is 3.85. The summed E-state index contributed by atoms with van der Waals surface area (Å²) in [7, 11) is -4.22. The highest BCUT2D eigenvalue weighted by Crippen LogP contribution is 2.42. The molecule has 2 aromatic rings. The predicted molar refractivity (Wildman–Crippen MR) is 74.8 cm³/mol. The number of nitrogens with zero attached hydrogens (tertiary/aromatic N) is 1. The van der Waals surface area contributed by atoms with Crippen LogP contribution in [0.4, 0.5) is 0 Å². The van der Waals surface area contributed by atoms with E-state index in [1.807, 2.05) is 0 Å². The Balaban J connectivity index is 2.44. The Morgan fingerprint density at radius 2 is 1.74 bits per heavy atom. The molecule has 0 unspecified atom stereocenters. The summed E-state index contributed by atoms with van der Waals surface area (Å²) < 4.78 is 11.0. The first-order valence-electron chi connectivity index (χ1n) is 5.00. The monoisotopic (exact) mass is 340 g/mol. The minimum atomic E-state index is -4.22. The molecule has 0 atom stereocenters. The number of benzene rings is 1. The van der Waals surface area contributed by atoms with Crippen LogP contribution in [0.1, 0.15) is 5.69 Å². The van der Waals surface area contributed by atoms with E-state index < -0.39 is 13.8 Å². The molecule has 0 aliphatic heterocycles. The second kappa shape index (κ2) is 5.44. The van der Waals surface area contributed by atoms with Gasteiger partial charge in [0.15, 0.2) is 0 Å². The summed E-state index contributed by atoms with van der Waals surface area (Å²) in [4.78, 5) is 17.9. The Bertz CT molecular complexity index is 648. The van der Waals surface area contributed by atoms with Crippen LogP contribution in [-0.2, 0) is 10.7 Å². The second-order valence-electron chi connectivity index (χ2n) is 3.85. The van der Waals surface area contributed by atoms with E-state index in [4.69, 9.17) is 44.6 Å². The lowest BCUT2D eigenvalue weighted by Gasteiger charge is -2.02. The minimum Gasteiger partial charge on any atom is -0.324 e. The molecule has 0 aliphatic rings. The van der Waals surface area contributed by atoms with E-state index in [1.165, 1.54) is 0 Å². The summed E-state index contributed by atoms with van der Waals surface area (Å²) in [6, 6.07) is 4.78. The molecular weight excluding hydrogens is 333 g/mol. The van der Waals surface area contributed by atoms with Gasteiger partial charge in [-0.25, -0.2) is 0 Å². The third kappa shape index (κ3) is 3.72. The van der Waals surface area contributed by atoms with Crippen molar-refractivity contribution in [2.24, 2.45) is 0 Å². The van der Waals surface area contributed by atoms with Crippen LogP contribution in [0, 0.1) is 0 Å². The molecule has 1 aromatic heterocycles. The van der Waals surface area contributed by atoms with Gasteiger partial charge in [-0.15, -0.1) is 0 Å².